The summed E-state index contributed by atoms with van der Waals surface area (Å²) in [6.45, 7) is 4.23. The fourth-order valence-corrected chi connectivity index (χ4v) is 4.30. The lowest BCUT2D eigenvalue weighted by atomic mass is 9.89. The highest BCUT2D eigenvalue weighted by Gasteiger charge is 2.35. The quantitative estimate of drug-likeness (QED) is 0.522. The molecule has 1 aromatic carbocycles. The van der Waals surface area contributed by atoms with Crippen LogP contribution in [0.4, 0.5) is 23.5 Å². The van der Waals surface area contributed by atoms with Gasteiger partial charge in [0, 0.05) is 43.4 Å². The van der Waals surface area contributed by atoms with Gasteiger partial charge in [0.2, 0.25) is 5.95 Å². The summed E-state index contributed by atoms with van der Waals surface area (Å²) in [5.74, 6) is -0.428. The zero-order chi connectivity index (χ0) is 25.2. The lowest BCUT2D eigenvalue weighted by Crippen LogP contribution is -2.51. The van der Waals surface area contributed by atoms with Crippen molar-refractivity contribution in [1.82, 2.24) is 24.8 Å². The van der Waals surface area contributed by atoms with E-state index in [1.54, 1.807) is 30.3 Å². The van der Waals surface area contributed by atoms with Crippen molar-refractivity contribution in [3.8, 4) is 11.4 Å². The molecule has 1 aliphatic rings. The lowest BCUT2D eigenvalue weighted by Gasteiger charge is -2.40. The van der Waals surface area contributed by atoms with E-state index in [2.05, 4.69) is 25.3 Å². The summed E-state index contributed by atoms with van der Waals surface area (Å²) in [6.07, 6.45) is 1.63. The van der Waals surface area contributed by atoms with E-state index >= 15 is 0 Å². The second kappa shape index (κ2) is 9.93. The summed E-state index contributed by atoms with van der Waals surface area (Å²) in [5.41, 5.74) is -0.106. The topological polar surface area (TPSA) is 83.9 Å². The van der Waals surface area contributed by atoms with Crippen LogP contribution in [0.2, 0.25) is 0 Å². The molecular weight excluding hydrogens is 464 g/mol. The summed E-state index contributed by atoms with van der Waals surface area (Å²) in [5, 5.41) is 2.95. The molecule has 1 N–H and O–H groups in total. The molecule has 1 saturated heterocycles. The Hall–Kier alpha value is -3.63. The summed E-state index contributed by atoms with van der Waals surface area (Å²) in [6, 6.07) is 4.13. The van der Waals surface area contributed by atoms with E-state index in [1.165, 1.54) is 12.1 Å². The number of carbonyl (C=O) groups is 1. The van der Waals surface area contributed by atoms with Crippen molar-refractivity contribution < 1.29 is 22.4 Å². The second-order valence-corrected chi connectivity index (χ2v) is 8.53. The molecule has 4 rings (SSSR count). The Bertz CT molecular complexity index is 1190. The van der Waals surface area contributed by atoms with E-state index in [0.717, 1.165) is 12.8 Å². The van der Waals surface area contributed by atoms with E-state index in [0.29, 0.717) is 30.3 Å². The molecule has 11 heteroatoms. The molecule has 1 aliphatic heterocycles. The molecule has 1 unspecified atom stereocenters. The molecule has 1 fully saturated rings. The van der Waals surface area contributed by atoms with Crippen molar-refractivity contribution in [1.29, 1.82) is 0 Å². The molecule has 2 aromatic heterocycles. The van der Waals surface area contributed by atoms with Crippen molar-refractivity contribution in [3.05, 3.63) is 65.5 Å². The zero-order valence-corrected chi connectivity index (χ0v) is 19.2. The Labute approximate surface area is 199 Å². The normalized spacial score (nSPS) is 18.4. The molecule has 3 heterocycles. The first-order chi connectivity index (χ1) is 16.7. The third-order valence-electron chi connectivity index (χ3n) is 6.24. The van der Waals surface area contributed by atoms with E-state index in [9.17, 15) is 22.4 Å². The average Bonchev–Trinajstić information content (AvgIpc) is 2.84. The maximum atomic E-state index is 14.5. The van der Waals surface area contributed by atoms with E-state index in [-0.39, 0.29) is 41.5 Å². The van der Waals surface area contributed by atoms with Gasteiger partial charge in [-0.2, -0.15) is 13.2 Å². The smallest absolute Gasteiger partial charge is 0.352 e. The van der Waals surface area contributed by atoms with Crippen LogP contribution in [0.15, 0.2) is 43.0 Å². The molecule has 1 amide bonds. The number of aromatic nitrogens is 4. The predicted molar refractivity (Wildman–Crippen MR) is 121 cm³/mol. The number of amides is 1. The summed E-state index contributed by atoms with van der Waals surface area (Å²) in [7, 11) is 0. The first kappa shape index (κ1) is 24.5. The van der Waals surface area contributed by atoms with Crippen LogP contribution in [-0.4, -0.2) is 49.9 Å². The van der Waals surface area contributed by atoms with Crippen molar-refractivity contribution >= 4 is 11.9 Å². The highest BCUT2D eigenvalue weighted by Crippen LogP contribution is 2.31. The number of nitrogens with zero attached hydrogens (tertiary/aromatic N) is 5. The number of piperidine rings is 1. The standard InChI is InChI=1S/C24H24F4N6O/c1-14-5-3-10-34(19(14)13-33-23-31-11-16(12-32-23)24(26,27)28)22(35)20-15(2)18(25)7-6-17(20)21-29-8-4-9-30-21/h4,6-9,11-12,14,19H,3,5,10,13H2,1-2H3,(H,31,32,33)/t14-,19?/m1/s1. The molecule has 0 radical (unpaired) electrons. The largest absolute Gasteiger partial charge is 0.419 e. The molecule has 3 aromatic rings. The fourth-order valence-electron chi connectivity index (χ4n) is 4.30. The zero-order valence-electron chi connectivity index (χ0n) is 19.2. The average molecular weight is 488 g/mol. The van der Waals surface area contributed by atoms with Gasteiger partial charge in [-0.1, -0.05) is 6.92 Å². The van der Waals surface area contributed by atoms with E-state index in [1.807, 2.05) is 6.92 Å². The number of anilines is 1. The maximum absolute atomic E-state index is 14.5. The van der Waals surface area contributed by atoms with Crippen molar-refractivity contribution in [2.24, 2.45) is 5.92 Å². The van der Waals surface area contributed by atoms with Gasteiger partial charge in [0.1, 0.15) is 5.82 Å². The molecule has 0 aliphatic carbocycles. The molecule has 184 valence electrons. The van der Waals surface area contributed by atoms with Crippen molar-refractivity contribution in [2.45, 2.75) is 38.9 Å². The van der Waals surface area contributed by atoms with Gasteiger partial charge in [0.05, 0.1) is 17.2 Å². The number of benzene rings is 1. The Morgan fingerprint density at radius 1 is 1.14 bits per heavy atom. The highest BCUT2D eigenvalue weighted by atomic mass is 19.4. The first-order valence-corrected chi connectivity index (χ1v) is 11.2. The minimum atomic E-state index is -4.53. The number of rotatable bonds is 5. The molecular formula is C24H24F4N6O. The number of likely N-dealkylation sites (tertiary alicyclic amines) is 1. The van der Waals surface area contributed by atoms with Crippen LogP contribution in [0.1, 0.15) is 41.3 Å². The van der Waals surface area contributed by atoms with Crippen LogP contribution in [0.5, 0.6) is 0 Å². The summed E-state index contributed by atoms with van der Waals surface area (Å²) in [4.78, 5) is 31.4. The number of hydrogen-bond donors (Lipinski definition) is 1. The van der Waals surface area contributed by atoms with Crippen molar-refractivity contribution in [2.75, 3.05) is 18.4 Å². The molecule has 7 nitrogen and oxygen atoms in total. The number of alkyl halides is 3. The Morgan fingerprint density at radius 2 is 1.83 bits per heavy atom. The maximum Gasteiger partial charge on any atom is 0.419 e. The molecule has 35 heavy (non-hydrogen) atoms. The van der Waals surface area contributed by atoms with Crippen LogP contribution in [0.25, 0.3) is 11.4 Å². The SMILES string of the molecule is Cc1c(F)ccc(-c2ncccn2)c1C(=O)N1CCC[C@@H](C)C1CNc1ncc(C(F)(F)F)cn1. The minimum absolute atomic E-state index is 0.0310. The van der Waals surface area contributed by atoms with Crippen LogP contribution >= 0.6 is 0 Å². The van der Waals surface area contributed by atoms with Crippen LogP contribution < -0.4 is 5.32 Å². The van der Waals surface area contributed by atoms with Gasteiger partial charge in [-0.25, -0.2) is 24.3 Å². The Morgan fingerprint density at radius 3 is 2.49 bits per heavy atom. The lowest BCUT2D eigenvalue weighted by molar-refractivity contribution is -0.138. The second-order valence-electron chi connectivity index (χ2n) is 8.53. The Kier molecular flexibility index (Phi) is 6.95. The number of carbonyl (C=O) groups excluding carboxylic acids is 1. The monoisotopic (exact) mass is 488 g/mol. The van der Waals surface area contributed by atoms with Crippen LogP contribution in [0.3, 0.4) is 0 Å². The fraction of sp³-hybridized carbons (Fsp3) is 0.375. The minimum Gasteiger partial charge on any atom is -0.352 e. The Balaban J connectivity index is 1.61. The van der Waals surface area contributed by atoms with E-state index in [4.69, 9.17) is 0 Å². The number of nitrogens with one attached hydrogen (secondary N) is 1. The third-order valence-corrected chi connectivity index (χ3v) is 6.24. The number of hydrogen-bond acceptors (Lipinski definition) is 6. The van der Waals surface area contributed by atoms with E-state index < -0.39 is 17.6 Å². The van der Waals surface area contributed by atoms with Gasteiger partial charge in [0.15, 0.2) is 5.82 Å². The summed E-state index contributed by atoms with van der Waals surface area (Å²) >= 11 is 0. The predicted octanol–water partition coefficient (Wildman–Crippen LogP) is 4.75. The van der Waals surface area contributed by atoms with Gasteiger partial charge in [-0.05, 0) is 49.4 Å². The summed E-state index contributed by atoms with van der Waals surface area (Å²) < 4.78 is 52.9. The van der Waals surface area contributed by atoms with Crippen LogP contribution in [0, 0.1) is 18.7 Å². The highest BCUT2D eigenvalue weighted by molar-refractivity contribution is 6.01. The van der Waals surface area contributed by atoms with Gasteiger partial charge >= 0.3 is 6.18 Å². The molecule has 2 atom stereocenters. The third kappa shape index (κ3) is 5.23. The molecule has 0 bridgehead atoms. The molecule has 0 saturated carbocycles. The molecule has 0 spiro atoms. The van der Waals surface area contributed by atoms with Gasteiger partial charge in [0.25, 0.3) is 5.91 Å². The van der Waals surface area contributed by atoms with Gasteiger partial charge in [-0.15, -0.1) is 0 Å². The number of halogens is 4. The van der Waals surface area contributed by atoms with Gasteiger partial charge < -0.3 is 10.2 Å². The van der Waals surface area contributed by atoms with Gasteiger partial charge in [-0.3, -0.25) is 4.79 Å². The first-order valence-electron chi connectivity index (χ1n) is 11.2. The van der Waals surface area contributed by atoms with Crippen molar-refractivity contribution in [3.63, 3.8) is 0 Å². The van der Waals surface area contributed by atoms with Crippen LogP contribution in [-0.2, 0) is 6.18 Å².